The van der Waals surface area contributed by atoms with E-state index in [1.165, 1.54) is 0 Å². The third-order valence-corrected chi connectivity index (χ3v) is 4.07. The maximum Gasteiger partial charge on any atom is 0.231 e. The number of ether oxygens (including phenoxy) is 2. The summed E-state index contributed by atoms with van der Waals surface area (Å²) in [6.07, 6.45) is 4.59. The first-order chi connectivity index (χ1) is 10.8. The van der Waals surface area contributed by atoms with Gasteiger partial charge in [-0.15, -0.1) is 0 Å². The van der Waals surface area contributed by atoms with Crippen LogP contribution in [-0.4, -0.2) is 45.7 Å². The molecule has 7 nitrogen and oxygen atoms in total. The van der Waals surface area contributed by atoms with Crippen LogP contribution in [0.4, 0.5) is 0 Å². The minimum Gasteiger partial charge on any atom is -0.454 e. The van der Waals surface area contributed by atoms with Crippen molar-refractivity contribution >= 4 is 5.91 Å². The summed E-state index contributed by atoms with van der Waals surface area (Å²) < 4.78 is 10.6. The summed E-state index contributed by atoms with van der Waals surface area (Å²) in [5, 5.41) is 8.31. The van der Waals surface area contributed by atoms with Gasteiger partial charge in [-0.05, 0) is 24.1 Å². The third-order valence-electron chi connectivity index (χ3n) is 4.07. The fourth-order valence-electron chi connectivity index (χ4n) is 2.91. The van der Waals surface area contributed by atoms with Gasteiger partial charge >= 0.3 is 0 Å². The van der Waals surface area contributed by atoms with Crippen LogP contribution in [0.25, 0.3) is 0 Å². The Morgan fingerprint density at radius 3 is 2.91 bits per heavy atom. The molecule has 0 bridgehead atoms. The van der Waals surface area contributed by atoms with Gasteiger partial charge in [-0.2, -0.15) is 15.0 Å². The van der Waals surface area contributed by atoms with E-state index >= 15 is 0 Å². The zero-order valence-electron chi connectivity index (χ0n) is 12.0. The van der Waals surface area contributed by atoms with E-state index in [0.717, 1.165) is 24.3 Å². The van der Waals surface area contributed by atoms with Crippen LogP contribution in [0.1, 0.15) is 18.0 Å². The van der Waals surface area contributed by atoms with Gasteiger partial charge in [-0.3, -0.25) is 4.79 Å². The fraction of sp³-hybridized carbons (Fsp3) is 0.400. The summed E-state index contributed by atoms with van der Waals surface area (Å²) in [5.41, 5.74) is 0.940. The summed E-state index contributed by atoms with van der Waals surface area (Å²) in [6.45, 7) is 1.66. The van der Waals surface area contributed by atoms with Crippen molar-refractivity contribution < 1.29 is 14.3 Å². The van der Waals surface area contributed by atoms with E-state index in [0.29, 0.717) is 18.7 Å². The molecule has 0 spiro atoms. The molecule has 0 radical (unpaired) electrons. The number of nitrogens with zero attached hydrogens (tertiary/aromatic N) is 4. The Morgan fingerprint density at radius 2 is 2.05 bits per heavy atom. The monoisotopic (exact) mass is 300 g/mol. The second-order valence-electron chi connectivity index (χ2n) is 5.50. The first kappa shape index (κ1) is 13.1. The quantitative estimate of drug-likeness (QED) is 0.846. The van der Waals surface area contributed by atoms with Gasteiger partial charge in [0.15, 0.2) is 11.5 Å². The first-order valence-corrected chi connectivity index (χ1v) is 7.32. The summed E-state index contributed by atoms with van der Waals surface area (Å²) in [5.74, 6) is 1.57. The molecular weight excluding hydrogens is 284 g/mol. The summed E-state index contributed by atoms with van der Waals surface area (Å²) in [6, 6.07) is 5.82. The maximum absolute atomic E-state index is 12.4. The molecule has 2 aliphatic rings. The lowest BCUT2D eigenvalue weighted by Gasteiger charge is -2.16. The Bertz CT molecular complexity index is 686. The lowest BCUT2D eigenvalue weighted by Crippen LogP contribution is -2.30. The number of likely N-dealkylation sites (tertiary alicyclic amines) is 1. The lowest BCUT2D eigenvalue weighted by atomic mass is 10.1. The molecule has 1 amide bonds. The number of amides is 1. The number of aromatic nitrogens is 3. The zero-order valence-corrected chi connectivity index (χ0v) is 12.0. The van der Waals surface area contributed by atoms with E-state index in [1.54, 1.807) is 17.2 Å². The second-order valence-corrected chi connectivity index (χ2v) is 5.50. The Labute approximate surface area is 127 Å². The number of carbonyl (C=O) groups excluding carboxylic acids is 1. The summed E-state index contributed by atoms with van der Waals surface area (Å²) >= 11 is 0. The Morgan fingerprint density at radius 1 is 1.23 bits per heavy atom. The molecule has 2 aliphatic heterocycles. The SMILES string of the molecule is O=C(Cc1ccc2c(c1)OCO2)N1CCC(n2nccn2)C1. The standard InChI is InChI=1S/C15H16N4O3/c20-15(8-11-1-2-13-14(7-11)22-10-21-13)18-6-3-12(9-18)19-16-4-5-17-19/h1-2,4-5,7,12H,3,6,8-10H2. The van der Waals surface area contributed by atoms with Gasteiger partial charge < -0.3 is 14.4 Å². The van der Waals surface area contributed by atoms with Crippen molar-refractivity contribution in [3.05, 3.63) is 36.2 Å². The van der Waals surface area contributed by atoms with Crippen LogP contribution in [0.3, 0.4) is 0 Å². The summed E-state index contributed by atoms with van der Waals surface area (Å²) in [4.78, 5) is 16.0. The Hall–Kier alpha value is -2.57. The third kappa shape index (κ3) is 2.38. The van der Waals surface area contributed by atoms with Crippen LogP contribution in [0, 0.1) is 0 Å². The van der Waals surface area contributed by atoms with Crippen LogP contribution in [0.2, 0.25) is 0 Å². The highest BCUT2D eigenvalue weighted by molar-refractivity contribution is 5.79. The smallest absolute Gasteiger partial charge is 0.231 e. The molecule has 1 unspecified atom stereocenters. The van der Waals surface area contributed by atoms with Crippen molar-refractivity contribution in [1.29, 1.82) is 0 Å². The molecule has 0 aliphatic carbocycles. The number of hydrogen-bond acceptors (Lipinski definition) is 5. The topological polar surface area (TPSA) is 69.5 Å². The van der Waals surface area contributed by atoms with Crippen molar-refractivity contribution in [2.75, 3.05) is 19.9 Å². The van der Waals surface area contributed by atoms with Crippen LogP contribution >= 0.6 is 0 Å². The van der Waals surface area contributed by atoms with E-state index in [4.69, 9.17) is 9.47 Å². The van der Waals surface area contributed by atoms with Crippen molar-refractivity contribution in [2.45, 2.75) is 18.9 Å². The molecule has 1 saturated heterocycles. The molecule has 114 valence electrons. The van der Waals surface area contributed by atoms with E-state index in [2.05, 4.69) is 10.2 Å². The number of fused-ring (bicyclic) bond motifs is 1. The number of carbonyl (C=O) groups is 1. The van der Waals surface area contributed by atoms with Crippen molar-refractivity contribution in [1.82, 2.24) is 19.9 Å². The van der Waals surface area contributed by atoms with E-state index < -0.39 is 0 Å². The predicted octanol–water partition coefficient (Wildman–Crippen LogP) is 1.02. The van der Waals surface area contributed by atoms with E-state index in [9.17, 15) is 4.79 Å². The van der Waals surface area contributed by atoms with Crippen molar-refractivity contribution in [3.63, 3.8) is 0 Å². The summed E-state index contributed by atoms with van der Waals surface area (Å²) in [7, 11) is 0. The number of rotatable bonds is 3. The van der Waals surface area contributed by atoms with Crippen LogP contribution in [0.5, 0.6) is 11.5 Å². The molecule has 4 rings (SSSR count). The normalized spacial score (nSPS) is 19.6. The molecule has 0 N–H and O–H groups in total. The van der Waals surface area contributed by atoms with Gasteiger partial charge in [0.05, 0.1) is 24.9 Å². The van der Waals surface area contributed by atoms with Crippen LogP contribution < -0.4 is 9.47 Å². The van der Waals surface area contributed by atoms with Gasteiger partial charge in [0.1, 0.15) is 0 Å². The molecule has 22 heavy (non-hydrogen) atoms. The molecular formula is C15H16N4O3. The van der Waals surface area contributed by atoms with E-state index in [1.807, 2.05) is 23.1 Å². The minimum absolute atomic E-state index is 0.119. The molecule has 0 saturated carbocycles. The molecule has 3 heterocycles. The highest BCUT2D eigenvalue weighted by atomic mass is 16.7. The molecule has 7 heteroatoms. The maximum atomic E-state index is 12.4. The number of benzene rings is 1. The Balaban J connectivity index is 1.40. The van der Waals surface area contributed by atoms with Gasteiger partial charge in [0.2, 0.25) is 12.7 Å². The van der Waals surface area contributed by atoms with Gasteiger partial charge in [0.25, 0.3) is 0 Å². The van der Waals surface area contributed by atoms with Crippen LogP contribution in [0.15, 0.2) is 30.6 Å². The lowest BCUT2D eigenvalue weighted by molar-refractivity contribution is -0.129. The molecule has 1 aromatic carbocycles. The molecule has 2 aromatic rings. The van der Waals surface area contributed by atoms with Gasteiger partial charge in [-0.25, -0.2) is 0 Å². The fourth-order valence-corrected chi connectivity index (χ4v) is 2.91. The predicted molar refractivity (Wildman–Crippen MR) is 76.5 cm³/mol. The van der Waals surface area contributed by atoms with Gasteiger partial charge in [0, 0.05) is 13.1 Å². The average molecular weight is 300 g/mol. The highest BCUT2D eigenvalue weighted by Gasteiger charge is 2.28. The van der Waals surface area contributed by atoms with Crippen molar-refractivity contribution in [3.8, 4) is 11.5 Å². The Kier molecular flexibility index (Phi) is 3.17. The van der Waals surface area contributed by atoms with Crippen LogP contribution in [-0.2, 0) is 11.2 Å². The number of hydrogen-bond donors (Lipinski definition) is 0. The molecule has 1 fully saturated rings. The highest BCUT2D eigenvalue weighted by Crippen LogP contribution is 2.32. The largest absolute Gasteiger partial charge is 0.454 e. The minimum atomic E-state index is 0.119. The molecule has 1 aromatic heterocycles. The zero-order chi connectivity index (χ0) is 14.9. The van der Waals surface area contributed by atoms with Gasteiger partial charge in [-0.1, -0.05) is 6.07 Å². The molecule has 1 atom stereocenters. The van der Waals surface area contributed by atoms with E-state index in [-0.39, 0.29) is 18.7 Å². The van der Waals surface area contributed by atoms with Crippen molar-refractivity contribution in [2.24, 2.45) is 0 Å². The first-order valence-electron chi connectivity index (χ1n) is 7.32. The second kappa shape index (κ2) is 5.32. The average Bonchev–Trinajstić information content (AvgIpc) is 3.26.